The quantitative estimate of drug-likeness (QED) is 0.456. The molecule has 0 atom stereocenters. The number of pyridine rings is 1. The summed E-state index contributed by atoms with van der Waals surface area (Å²) in [6.07, 6.45) is 3.30. The summed E-state index contributed by atoms with van der Waals surface area (Å²) in [5.41, 5.74) is 0.740. The van der Waals surface area contributed by atoms with Crippen molar-refractivity contribution in [3.8, 4) is 11.4 Å². The van der Waals surface area contributed by atoms with Gasteiger partial charge in [-0.25, -0.2) is 0 Å². The fourth-order valence-electron chi connectivity index (χ4n) is 1.78. The summed E-state index contributed by atoms with van der Waals surface area (Å²) in [7, 11) is 0. The van der Waals surface area contributed by atoms with Gasteiger partial charge in [-0.05, 0) is 36.4 Å². The highest BCUT2D eigenvalue weighted by Crippen LogP contribution is 2.21. The number of aromatic nitrogens is 3. The van der Waals surface area contributed by atoms with Crippen molar-refractivity contribution in [1.29, 1.82) is 0 Å². The van der Waals surface area contributed by atoms with E-state index < -0.39 is 0 Å². The Bertz CT molecular complexity index is 809. The predicted octanol–water partition coefficient (Wildman–Crippen LogP) is 3.73. The second-order valence-electron chi connectivity index (χ2n) is 4.66. The van der Waals surface area contributed by atoms with Crippen molar-refractivity contribution >= 4 is 33.7 Å². The van der Waals surface area contributed by atoms with Gasteiger partial charge in [0.05, 0.1) is 5.75 Å². The number of carbonyl (C=O) groups excluding carboxylic acids is 1. The molecule has 2 heterocycles. The summed E-state index contributed by atoms with van der Waals surface area (Å²) in [5.74, 6) is 0.531. The van der Waals surface area contributed by atoms with Gasteiger partial charge in [0, 0.05) is 27.3 Å². The van der Waals surface area contributed by atoms with E-state index >= 15 is 0 Å². The van der Waals surface area contributed by atoms with Gasteiger partial charge >= 0.3 is 5.97 Å². The highest BCUT2D eigenvalue weighted by molar-refractivity contribution is 9.10. The van der Waals surface area contributed by atoms with Crippen molar-refractivity contribution in [3.05, 3.63) is 59.2 Å². The van der Waals surface area contributed by atoms with Crippen LogP contribution in [0.1, 0.15) is 5.89 Å². The van der Waals surface area contributed by atoms with E-state index in [1.807, 2.05) is 30.3 Å². The Morgan fingerprint density at radius 2 is 2.08 bits per heavy atom. The van der Waals surface area contributed by atoms with Crippen molar-refractivity contribution in [2.45, 2.75) is 11.5 Å². The van der Waals surface area contributed by atoms with Crippen molar-refractivity contribution in [2.24, 2.45) is 0 Å². The molecular formula is C16H12BrN3O3S. The summed E-state index contributed by atoms with van der Waals surface area (Å²) >= 11 is 4.77. The van der Waals surface area contributed by atoms with Crippen LogP contribution in [0.4, 0.5) is 0 Å². The molecule has 0 aliphatic rings. The molecule has 3 aromatic rings. The molecule has 24 heavy (non-hydrogen) atoms. The lowest BCUT2D eigenvalue weighted by Gasteiger charge is -2.02. The zero-order chi connectivity index (χ0) is 16.8. The van der Waals surface area contributed by atoms with Gasteiger partial charge in [-0.2, -0.15) is 4.98 Å². The maximum atomic E-state index is 11.8. The third-order valence-electron chi connectivity index (χ3n) is 2.91. The van der Waals surface area contributed by atoms with Gasteiger partial charge in [0.25, 0.3) is 5.89 Å². The third kappa shape index (κ3) is 4.65. The van der Waals surface area contributed by atoms with Gasteiger partial charge in [-0.15, -0.1) is 11.8 Å². The molecule has 122 valence electrons. The lowest BCUT2D eigenvalue weighted by atomic mass is 10.3. The molecule has 6 nitrogen and oxygen atoms in total. The highest BCUT2D eigenvalue weighted by Gasteiger charge is 2.11. The molecule has 0 amide bonds. The number of hydrogen-bond acceptors (Lipinski definition) is 7. The molecule has 0 bridgehead atoms. The third-order valence-corrected chi connectivity index (χ3v) is 4.43. The fraction of sp³-hybridized carbons (Fsp3) is 0.125. The molecule has 1 aromatic carbocycles. The van der Waals surface area contributed by atoms with Crippen LogP contribution in [0.15, 0.2) is 62.7 Å². The van der Waals surface area contributed by atoms with Crippen LogP contribution in [-0.2, 0) is 16.1 Å². The molecule has 0 radical (unpaired) electrons. The van der Waals surface area contributed by atoms with Crippen molar-refractivity contribution in [3.63, 3.8) is 0 Å². The van der Waals surface area contributed by atoms with Crippen LogP contribution >= 0.6 is 27.7 Å². The number of hydrogen-bond donors (Lipinski definition) is 0. The molecule has 0 unspecified atom stereocenters. The SMILES string of the molecule is O=C(CSc1ccc(Br)cc1)OCc1nc(-c2cccnc2)no1. The Labute approximate surface area is 150 Å². The highest BCUT2D eigenvalue weighted by atomic mass is 79.9. The Morgan fingerprint density at radius 1 is 1.25 bits per heavy atom. The van der Waals surface area contributed by atoms with E-state index in [4.69, 9.17) is 9.26 Å². The molecule has 2 aromatic heterocycles. The molecule has 3 rings (SSSR count). The van der Waals surface area contributed by atoms with E-state index in [0.717, 1.165) is 14.9 Å². The Hall–Kier alpha value is -2.19. The molecule has 0 N–H and O–H groups in total. The first kappa shape index (κ1) is 16.7. The number of benzene rings is 1. The van der Waals surface area contributed by atoms with E-state index in [1.54, 1.807) is 18.5 Å². The minimum absolute atomic E-state index is 0.0486. The molecule has 0 fully saturated rings. The predicted molar refractivity (Wildman–Crippen MR) is 92.2 cm³/mol. The van der Waals surface area contributed by atoms with Crippen molar-refractivity contribution in [1.82, 2.24) is 15.1 Å². The Kier molecular flexibility index (Phi) is 5.60. The maximum absolute atomic E-state index is 11.8. The molecule has 0 saturated heterocycles. The van der Waals surface area contributed by atoms with Crippen LogP contribution in [0.3, 0.4) is 0 Å². The summed E-state index contributed by atoms with van der Waals surface area (Å²) in [6, 6.07) is 11.3. The van der Waals surface area contributed by atoms with Gasteiger partial charge < -0.3 is 9.26 Å². The van der Waals surface area contributed by atoms with Gasteiger partial charge in [0.1, 0.15) is 0 Å². The smallest absolute Gasteiger partial charge is 0.316 e. The molecular weight excluding hydrogens is 394 g/mol. The monoisotopic (exact) mass is 405 g/mol. The fourth-order valence-corrected chi connectivity index (χ4v) is 2.74. The minimum atomic E-state index is -0.343. The van der Waals surface area contributed by atoms with E-state index in [1.165, 1.54) is 11.8 Å². The molecule has 0 aliphatic carbocycles. The number of thioether (sulfide) groups is 1. The van der Waals surface area contributed by atoms with Gasteiger partial charge in [0.15, 0.2) is 6.61 Å². The number of halogens is 1. The molecule has 0 saturated carbocycles. The normalized spacial score (nSPS) is 10.5. The lowest BCUT2D eigenvalue weighted by molar-refractivity contribution is -0.142. The summed E-state index contributed by atoms with van der Waals surface area (Å²) < 4.78 is 11.2. The van der Waals surface area contributed by atoms with Crippen molar-refractivity contribution in [2.75, 3.05) is 5.75 Å². The number of rotatable bonds is 6. The summed E-state index contributed by atoms with van der Waals surface area (Å²) in [5, 5.41) is 3.84. The van der Waals surface area contributed by atoms with Gasteiger partial charge in [-0.3, -0.25) is 9.78 Å². The first-order chi connectivity index (χ1) is 11.7. The van der Waals surface area contributed by atoms with Crippen LogP contribution in [0, 0.1) is 0 Å². The maximum Gasteiger partial charge on any atom is 0.316 e. The van der Waals surface area contributed by atoms with E-state index in [2.05, 4.69) is 31.1 Å². The van der Waals surface area contributed by atoms with Gasteiger partial charge in [0.2, 0.25) is 5.82 Å². The largest absolute Gasteiger partial charge is 0.455 e. The zero-order valence-electron chi connectivity index (χ0n) is 12.4. The first-order valence-corrected chi connectivity index (χ1v) is 8.75. The Morgan fingerprint density at radius 3 is 2.83 bits per heavy atom. The summed E-state index contributed by atoms with van der Waals surface area (Å²) in [4.78, 5) is 20.9. The Balaban J connectivity index is 1.48. The van der Waals surface area contributed by atoms with Gasteiger partial charge in [-0.1, -0.05) is 21.1 Å². The first-order valence-electron chi connectivity index (χ1n) is 6.98. The number of ether oxygens (including phenoxy) is 1. The minimum Gasteiger partial charge on any atom is -0.455 e. The van der Waals surface area contributed by atoms with Crippen molar-refractivity contribution < 1.29 is 14.1 Å². The zero-order valence-corrected chi connectivity index (χ0v) is 14.8. The van der Waals surface area contributed by atoms with Crippen LogP contribution in [0.25, 0.3) is 11.4 Å². The second kappa shape index (κ2) is 8.07. The van der Waals surface area contributed by atoms with E-state index in [0.29, 0.717) is 5.82 Å². The average molecular weight is 406 g/mol. The van der Waals surface area contributed by atoms with Crippen LogP contribution in [0.5, 0.6) is 0 Å². The topological polar surface area (TPSA) is 78.1 Å². The van der Waals surface area contributed by atoms with E-state index in [-0.39, 0.29) is 24.2 Å². The van der Waals surface area contributed by atoms with Crippen LogP contribution in [-0.4, -0.2) is 26.8 Å². The van der Waals surface area contributed by atoms with Crippen LogP contribution < -0.4 is 0 Å². The molecule has 8 heteroatoms. The number of nitrogens with zero attached hydrogens (tertiary/aromatic N) is 3. The molecule has 0 spiro atoms. The average Bonchev–Trinajstić information content (AvgIpc) is 3.09. The lowest BCUT2D eigenvalue weighted by Crippen LogP contribution is -2.07. The van der Waals surface area contributed by atoms with E-state index in [9.17, 15) is 4.79 Å². The number of carbonyl (C=O) groups is 1. The standard InChI is InChI=1S/C16H12BrN3O3S/c17-12-3-5-13(6-4-12)24-10-15(21)22-9-14-19-16(20-23-14)11-2-1-7-18-8-11/h1-8H,9-10H2. The van der Waals surface area contributed by atoms with Crippen LogP contribution in [0.2, 0.25) is 0 Å². The molecule has 0 aliphatic heterocycles. The number of esters is 1. The second-order valence-corrected chi connectivity index (χ2v) is 6.62. The summed E-state index contributed by atoms with van der Waals surface area (Å²) in [6.45, 7) is -0.0486.